The number of amides is 1. The van der Waals surface area contributed by atoms with Crippen molar-refractivity contribution in [1.82, 2.24) is 15.0 Å². The summed E-state index contributed by atoms with van der Waals surface area (Å²) >= 11 is 0. The first-order valence-electron chi connectivity index (χ1n) is 9.14. The molecule has 6 heteroatoms. The summed E-state index contributed by atoms with van der Waals surface area (Å²) in [6, 6.07) is 15.0. The summed E-state index contributed by atoms with van der Waals surface area (Å²) < 4.78 is 11.0. The second kappa shape index (κ2) is 8.99. The largest absolute Gasteiger partial charge is 0.493 e. The average Bonchev–Trinajstić information content (AvgIpc) is 3.17. The lowest BCUT2D eigenvalue weighted by Gasteiger charge is -2.20. The number of hydrogen-bond donors (Lipinski definition) is 0. The van der Waals surface area contributed by atoms with Crippen molar-refractivity contribution in [3.05, 3.63) is 78.2 Å². The molecule has 0 aliphatic rings. The van der Waals surface area contributed by atoms with Gasteiger partial charge in [0.2, 0.25) is 11.7 Å². The third kappa shape index (κ3) is 4.46. The molecule has 1 heterocycles. The Balaban J connectivity index is 1.81. The summed E-state index contributed by atoms with van der Waals surface area (Å²) in [4.78, 5) is 19.1. The van der Waals surface area contributed by atoms with Crippen molar-refractivity contribution in [3.63, 3.8) is 0 Å². The first kappa shape index (κ1) is 19.4. The van der Waals surface area contributed by atoms with Crippen LogP contribution < -0.4 is 4.74 Å². The van der Waals surface area contributed by atoms with Gasteiger partial charge in [-0.15, -0.1) is 6.58 Å². The van der Waals surface area contributed by atoms with Crippen molar-refractivity contribution in [3.8, 4) is 17.1 Å². The minimum Gasteiger partial charge on any atom is -0.493 e. The quantitative estimate of drug-likeness (QED) is 0.548. The van der Waals surface area contributed by atoms with Crippen LogP contribution in [0.1, 0.15) is 28.7 Å². The monoisotopic (exact) mass is 377 g/mol. The number of aromatic nitrogens is 2. The predicted molar refractivity (Wildman–Crippen MR) is 107 cm³/mol. The molecule has 3 rings (SSSR count). The second-order valence-corrected chi connectivity index (χ2v) is 6.28. The molecule has 2 aromatic carbocycles. The number of rotatable bonds is 8. The van der Waals surface area contributed by atoms with E-state index in [1.165, 1.54) is 0 Å². The van der Waals surface area contributed by atoms with Gasteiger partial charge in [-0.3, -0.25) is 4.79 Å². The van der Waals surface area contributed by atoms with Crippen molar-refractivity contribution in [2.24, 2.45) is 0 Å². The molecule has 144 valence electrons. The number of aryl methyl sites for hydroxylation is 1. The van der Waals surface area contributed by atoms with Gasteiger partial charge in [-0.25, -0.2) is 0 Å². The highest BCUT2D eigenvalue weighted by Gasteiger charge is 2.21. The number of carbonyl (C=O) groups is 1. The van der Waals surface area contributed by atoms with Gasteiger partial charge in [-0.2, -0.15) is 4.98 Å². The van der Waals surface area contributed by atoms with E-state index in [0.717, 1.165) is 11.1 Å². The molecule has 0 fully saturated rings. The molecule has 6 nitrogen and oxygen atoms in total. The van der Waals surface area contributed by atoms with Crippen LogP contribution in [0.25, 0.3) is 11.4 Å². The van der Waals surface area contributed by atoms with Gasteiger partial charge in [0.15, 0.2) is 0 Å². The molecule has 0 unspecified atom stereocenters. The zero-order valence-electron chi connectivity index (χ0n) is 16.1. The fraction of sp³-hybridized carbons (Fsp3) is 0.227. The fourth-order valence-corrected chi connectivity index (χ4v) is 2.77. The summed E-state index contributed by atoms with van der Waals surface area (Å²) in [7, 11) is 0. The highest BCUT2D eigenvalue weighted by atomic mass is 16.5. The van der Waals surface area contributed by atoms with Gasteiger partial charge >= 0.3 is 0 Å². The third-order valence-electron chi connectivity index (χ3n) is 4.16. The Morgan fingerprint density at radius 2 is 1.96 bits per heavy atom. The van der Waals surface area contributed by atoms with E-state index in [2.05, 4.69) is 16.7 Å². The molecule has 0 saturated heterocycles. The van der Waals surface area contributed by atoms with Crippen LogP contribution in [-0.2, 0) is 6.54 Å². The van der Waals surface area contributed by atoms with Crippen LogP contribution in [0.15, 0.2) is 65.7 Å². The Morgan fingerprint density at radius 1 is 1.21 bits per heavy atom. The smallest absolute Gasteiger partial charge is 0.258 e. The van der Waals surface area contributed by atoms with Gasteiger partial charge in [-0.05, 0) is 26.0 Å². The predicted octanol–water partition coefficient (Wildman–Crippen LogP) is 4.27. The van der Waals surface area contributed by atoms with Gasteiger partial charge in [0, 0.05) is 12.1 Å². The van der Waals surface area contributed by atoms with Crippen molar-refractivity contribution in [1.29, 1.82) is 0 Å². The molecule has 0 radical (unpaired) electrons. The molecule has 0 N–H and O–H groups in total. The Kier molecular flexibility index (Phi) is 6.22. The van der Waals surface area contributed by atoms with Gasteiger partial charge in [0.05, 0.1) is 12.2 Å². The molecular formula is C22H23N3O3. The Hall–Kier alpha value is -3.41. The lowest BCUT2D eigenvalue weighted by atomic mass is 10.1. The van der Waals surface area contributed by atoms with Crippen LogP contribution in [0.2, 0.25) is 0 Å². The summed E-state index contributed by atoms with van der Waals surface area (Å²) in [6.07, 6.45) is 1.67. The zero-order chi connectivity index (χ0) is 19.9. The molecule has 0 spiro atoms. The number of ether oxygens (including phenoxy) is 1. The van der Waals surface area contributed by atoms with E-state index in [9.17, 15) is 4.79 Å². The molecule has 28 heavy (non-hydrogen) atoms. The Labute approximate surface area is 164 Å². The summed E-state index contributed by atoms with van der Waals surface area (Å²) in [5.74, 6) is 1.23. The topological polar surface area (TPSA) is 68.5 Å². The van der Waals surface area contributed by atoms with E-state index in [0.29, 0.717) is 36.2 Å². The molecule has 0 aliphatic carbocycles. The van der Waals surface area contributed by atoms with E-state index >= 15 is 0 Å². The maximum absolute atomic E-state index is 13.1. The van der Waals surface area contributed by atoms with Gasteiger partial charge in [0.25, 0.3) is 5.91 Å². The van der Waals surface area contributed by atoms with Crippen LogP contribution in [-0.4, -0.2) is 34.1 Å². The summed E-state index contributed by atoms with van der Waals surface area (Å²) in [5.41, 5.74) is 2.51. The highest BCUT2D eigenvalue weighted by molar-refractivity contribution is 5.97. The minimum atomic E-state index is -0.181. The van der Waals surface area contributed by atoms with Gasteiger partial charge in [0.1, 0.15) is 12.3 Å². The summed E-state index contributed by atoms with van der Waals surface area (Å²) in [5, 5.41) is 4.03. The van der Waals surface area contributed by atoms with Gasteiger partial charge in [-0.1, -0.05) is 53.2 Å². The first-order chi connectivity index (χ1) is 13.6. The Bertz CT molecular complexity index is 948. The molecule has 0 atom stereocenters. The van der Waals surface area contributed by atoms with E-state index in [1.807, 2.05) is 50.2 Å². The normalized spacial score (nSPS) is 10.5. The van der Waals surface area contributed by atoms with Crippen LogP contribution >= 0.6 is 0 Å². The average molecular weight is 377 g/mol. The second-order valence-electron chi connectivity index (χ2n) is 6.28. The number of para-hydroxylation sites is 1. The fourth-order valence-electron chi connectivity index (χ4n) is 2.77. The molecule has 3 aromatic rings. The van der Waals surface area contributed by atoms with Crippen molar-refractivity contribution in [2.45, 2.75) is 20.4 Å². The summed E-state index contributed by atoms with van der Waals surface area (Å²) in [6.45, 7) is 8.66. The van der Waals surface area contributed by atoms with E-state index in [4.69, 9.17) is 9.26 Å². The van der Waals surface area contributed by atoms with Gasteiger partial charge < -0.3 is 14.2 Å². The number of hydrogen-bond acceptors (Lipinski definition) is 5. The highest BCUT2D eigenvalue weighted by Crippen LogP contribution is 2.22. The number of carbonyl (C=O) groups excluding carboxylic acids is 1. The number of benzene rings is 2. The van der Waals surface area contributed by atoms with Crippen LogP contribution in [0.5, 0.6) is 5.75 Å². The van der Waals surface area contributed by atoms with Crippen LogP contribution in [0.4, 0.5) is 0 Å². The lowest BCUT2D eigenvalue weighted by molar-refractivity contribution is 0.0741. The molecule has 1 amide bonds. The SMILES string of the molecule is C=CCN(Cc1nc(-c2ccc(C)cc2)no1)C(=O)c1ccccc1OCC. The molecule has 0 aliphatic heterocycles. The zero-order valence-corrected chi connectivity index (χ0v) is 16.1. The van der Waals surface area contributed by atoms with Crippen LogP contribution in [0.3, 0.4) is 0 Å². The minimum absolute atomic E-state index is 0.181. The molecule has 0 saturated carbocycles. The lowest BCUT2D eigenvalue weighted by Crippen LogP contribution is -2.31. The van der Waals surface area contributed by atoms with E-state index in [-0.39, 0.29) is 12.5 Å². The Morgan fingerprint density at radius 3 is 2.68 bits per heavy atom. The van der Waals surface area contributed by atoms with Crippen molar-refractivity contribution in [2.75, 3.05) is 13.2 Å². The molecule has 1 aromatic heterocycles. The first-order valence-corrected chi connectivity index (χ1v) is 9.14. The van der Waals surface area contributed by atoms with E-state index in [1.54, 1.807) is 23.1 Å². The maximum atomic E-state index is 13.1. The third-order valence-corrected chi connectivity index (χ3v) is 4.16. The van der Waals surface area contributed by atoms with Crippen molar-refractivity contribution < 1.29 is 14.1 Å². The van der Waals surface area contributed by atoms with E-state index < -0.39 is 0 Å². The van der Waals surface area contributed by atoms with Crippen LogP contribution in [0, 0.1) is 6.92 Å². The molecule has 0 bridgehead atoms. The van der Waals surface area contributed by atoms with Crippen molar-refractivity contribution >= 4 is 5.91 Å². The standard InChI is InChI=1S/C22H23N3O3/c1-4-14-25(22(26)18-8-6-7-9-19(18)27-5-2)15-20-23-21(24-28-20)17-12-10-16(3)11-13-17/h4,6-13H,1,5,14-15H2,2-3H3. The number of nitrogens with zero attached hydrogens (tertiary/aromatic N) is 3. The maximum Gasteiger partial charge on any atom is 0.258 e. The molecular weight excluding hydrogens is 354 g/mol.